The number of hydrogen-bond acceptors (Lipinski definition) is 1. The Kier molecular flexibility index (Phi) is 5.00. The Labute approximate surface area is 115 Å². The fourth-order valence-electron chi connectivity index (χ4n) is 2.40. The van der Waals surface area contributed by atoms with E-state index in [4.69, 9.17) is 12.2 Å². The van der Waals surface area contributed by atoms with Crippen LogP contribution < -0.4 is 5.32 Å². The van der Waals surface area contributed by atoms with Gasteiger partial charge in [-0.3, -0.25) is 0 Å². The van der Waals surface area contributed by atoms with Gasteiger partial charge in [0.15, 0.2) is 5.11 Å². The lowest BCUT2D eigenvalue weighted by Gasteiger charge is -2.24. The van der Waals surface area contributed by atoms with Crippen molar-refractivity contribution in [3.8, 4) is 0 Å². The second-order valence-electron chi connectivity index (χ2n) is 5.09. The molecule has 2 nitrogen and oxygen atoms in total. The van der Waals surface area contributed by atoms with Crippen LogP contribution in [0.25, 0.3) is 0 Å². The first-order valence-electron chi connectivity index (χ1n) is 6.81. The number of nitrogens with one attached hydrogen (secondary N) is 1. The van der Waals surface area contributed by atoms with E-state index in [1.807, 2.05) is 0 Å². The van der Waals surface area contributed by atoms with E-state index >= 15 is 0 Å². The summed E-state index contributed by atoms with van der Waals surface area (Å²) in [6.45, 7) is 0.975. The molecule has 1 aromatic carbocycles. The van der Waals surface area contributed by atoms with Crippen molar-refractivity contribution in [3.05, 3.63) is 35.9 Å². The Morgan fingerprint density at radius 2 is 1.94 bits per heavy atom. The monoisotopic (exact) mass is 262 g/mol. The van der Waals surface area contributed by atoms with Crippen molar-refractivity contribution in [3.63, 3.8) is 0 Å². The van der Waals surface area contributed by atoms with Crippen molar-refractivity contribution in [1.82, 2.24) is 10.2 Å². The molecule has 0 spiro atoms. The highest BCUT2D eigenvalue weighted by Gasteiger charge is 2.16. The molecule has 2 rings (SSSR count). The molecular weight excluding hydrogens is 240 g/mol. The molecule has 0 unspecified atom stereocenters. The van der Waals surface area contributed by atoms with Gasteiger partial charge in [-0.25, -0.2) is 0 Å². The molecule has 0 heterocycles. The summed E-state index contributed by atoms with van der Waals surface area (Å²) in [6.07, 6.45) is 6.27. The first-order chi connectivity index (χ1) is 8.75. The molecule has 3 heteroatoms. The summed E-state index contributed by atoms with van der Waals surface area (Å²) in [5.74, 6) is 0. The van der Waals surface area contributed by atoms with Gasteiger partial charge in [0.25, 0.3) is 0 Å². The number of rotatable bonds is 4. The average molecular weight is 262 g/mol. The molecule has 18 heavy (non-hydrogen) atoms. The number of nitrogens with zero attached hydrogens (tertiary/aromatic N) is 1. The normalized spacial score (nSPS) is 15.6. The molecule has 0 saturated heterocycles. The van der Waals surface area contributed by atoms with Crippen molar-refractivity contribution in [2.75, 3.05) is 13.6 Å². The Bertz CT molecular complexity index is 371. The molecule has 1 fully saturated rings. The van der Waals surface area contributed by atoms with Crippen LogP contribution in [0.4, 0.5) is 0 Å². The Hall–Kier alpha value is -1.09. The standard InChI is InChI=1S/C15H22N2S/c1-17(12-11-13-7-3-2-4-8-13)15(18)16-14-9-5-6-10-14/h2-4,7-8,14H,5-6,9-12H2,1H3,(H,16,18). The number of hydrogen-bond donors (Lipinski definition) is 1. The van der Waals surface area contributed by atoms with E-state index in [-0.39, 0.29) is 0 Å². The van der Waals surface area contributed by atoms with E-state index in [1.54, 1.807) is 0 Å². The first-order valence-corrected chi connectivity index (χ1v) is 7.22. The Balaban J connectivity index is 1.73. The second-order valence-corrected chi connectivity index (χ2v) is 5.47. The quantitative estimate of drug-likeness (QED) is 0.840. The van der Waals surface area contributed by atoms with E-state index in [0.29, 0.717) is 6.04 Å². The zero-order valence-electron chi connectivity index (χ0n) is 11.1. The van der Waals surface area contributed by atoms with Gasteiger partial charge >= 0.3 is 0 Å². The van der Waals surface area contributed by atoms with Gasteiger partial charge in [-0.2, -0.15) is 0 Å². The minimum atomic E-state index is 0.608. The maximum atomic E-state index is 5.44. The fourth-order valence-corrected chi connectivity index (χ4v) is 2.66. The third kappa shape index (κ3) is 3.98. The van der Waals surface area contributed by atoms with Crippen molar-refractivity contribution >= 4 is 17.3 Å². The SMILES string of the molecule is CN(CCc1ccccc1)C(=S)NC1CCCC1. The van der Waals surface area contributed by atoms with Crippen molar-refractivity contribution in [2.24, 2.45) is 0 Å². The lowest BCUT2D eigenvalue weighted by atomic mass is 10.1. The van der Waals surface area contributed by atoms with E-state index in [1.165, 1.54) is 31.2 Å². The van der Waals surface area contributed by atoms with Crippen LogP contribution >= 0.6 is 12.2 Å². The summed E-state index contributed by atoms with van der Waals surface area (Å²) in [6, 6.07) is 11.2. The van der Waals surface area contributed by atoms with E-state index in [0.717, 1.165) is 18.1 Å². The zero-order valence-corrected chi connectivity index (χ0v) is 11.9. The maximum Gasteiger partial charge on any atom is 0.168 e. The highest BCUT2D eigenvalue weighted by atomic mass is 32.1. The van der Waals surface area contributed by atoms with Gasteiger partial charge < -0.3 is 10.2 Å². The largest absolute Gasteiger partial charge is 0.360 e. The van der Waals surface area contributed by atoms with Gasteiger partial charge in [0.05, 0.1) is 0 Å². The van der Waals surface area contributed by atoms with Crippen LogP contribution in [0, 0.1) is 0 Å². The minimum absolute atomic E-state index is 0.608. The van der Waals surface area contributed by atoms with Crippen LogP contribution in [-0.4, -0.2) is 29.6 Å². The van der Waals surface area contributed by atoms with Gasteiger partial charge in [-0.15, -0.1) is 0 Å². The number of thiocarbonyl (C=S) groups is 1. The highest BCUT2D eigenvalue weighted by Crippen LogP contribution is 2.17. The van der Waals surface area contributed by atoms with Gasteiger partial charge in [-0.1, -0.05) is 43.2 Å². The summed E-state index contributed by atoms with van der Waals surface area (Å²) in [5.41, 5.74) is 1.37. The van der Waals surface area contributed by atoms with E-state index < -0.39 is 0 Å². The third-order valence-electron chi connectivity index (χ3n) is 3.61. The number of benzene rings is 1. The average Bonchev–Trinajstić information content (AvgIpc) is 2.90. The fraction of sp³-hybridized carbons (Fsp3) is 0.533. The Morgan fingerprint density at radius 1 is 1.28 bits per heavy atom. The second kappa shape index (κ2) is 6.74. The van der Waals surface area contributed by atoms with Gasteiger partial charge in [0.2, 0.25) is 0 Å². The van der Waals surface area contributed by atoms with Crippen molar-refractivity contribution in [2.45, 2.75) is 38.1 Å². The maximum absolute atomic E-state index is 5.44. The summed E-state index contributed by atoms with van der Waals surface area (Å²) in [7, 11) is 2.08. The molecule has 0 amide bonds. The summed E-state index contributed by atoms with van der Waals surface area (Å²) in [4.78, 5) is 2.15. The van der Waals surface area contributed by atoms with Crippen LogP contribution in [-0.2, 0) is 6.42 Å². The lowest BCUT2D eigenvalue weighted by Crippen LogP contribution is -2.42. The predicted octanol–water partition coefficient (Wildman–Crippen LogP) is 2.98. The molecule has 0 radical (unpaired) electrons. The summed E-state index contributed by atoms with van der Waals surface area (Å²) < 4.78 is 0. The zero-order chi connectivity index (χ0) is 12.8. The van der Waals surface area contributed by atoms with Crippen LogP contribution in [0.15, 0.2) is 30.3 Å². The predicted molar refractivity (Wildman–Crippen MR) is 80.8 cm³/mol. The highest BCUT2D eigenvalue weighted by molar-refractivity contribution is 7.80. The molecule has 0 atom stereocenters. The molecule has 1 saturated carbocycles. The van der Waals surface area contributed by atoms with Gasteiger partial charge in [0.1, 0.15) is 0 Å². The molecule has 0 bridgehead atoms. The van der Waals surface area contributed by atoms with Gasteiger partial charge in [0, 0.05) is 19.6 Å². The lowest BCUT2D eigenvalue weighted by molar-refractivity contribution is 0.479. The first kappa shape index (κ1) is 13.3. The molecule has 1 aliphatic carbocycles. The van der Waals surface area contributed by atoms with Gasteiger partial charge in [-0.05, 0) is 37.0 Å². The molecule has 1 aliphatic rings. The minimum Gasteiger partial charge on any atom is -0.360 e. The molecular formula is C15H22N2S. The van der Waals surface area contributed by atoms with E-state index in [2.05, 4.69) is 47.6 Å². The summed E-state index contributed by atoms with van der Waals surface area (Å²) in [5, 5.41) is 4.37. The molecule has 0 aliphatic heterocycles. The molecule has 0 aromatic heterocycles. The van der Waals surface area contributed by atoms with E-state index in [9.17, 15) is 0 Å². The molecule has 1 aromatic rings. The van der Waals surface area contributed by atoms with Crippen molar-refractivity contribution < 1.29 is 0 Å². The van der Waals surface area contributed by atoms with Crippen LogP contribution in [0.2, 0.25) is 0 Å². The molecule has 98 valence electrons. The van der Waals surface area contributed by atoms with Crippen LogP contribution in [0.5, 0.6) is 0 Å². The van der Waals surface area contributed by atoms with Crippen LogP contribution in [0.1, 0.15) is 31.2 Å². The smallest absolute Gasteiger partial charge is 0.168 e. The Morgan fingerprint density at radius 3 is 2.61 bits per heavy atom. The van der Waals surface area contributed by atoms with Crippen molar-refractivity contribution in [1.29, 1.82) is 0 Å². The summed E-state index contributed by atoms with van der Waals surface area (Å²) >= 11 is 5.44. The third-order valence-corrected chi connectivity index (χ3v) is 4.04. The topological polar surface area (TPSA) is 15.3 Å². The molecule has 1 N–H and O–H groups in total. The number of likely N-dealkylation sites (N-methyl/N-ethyl adjacent to an activating group) is 1. The van der Waals surface area contributed by atoms with Crippen LogP contribution in [0.3, 0.4) is 0 Å².